The normalized spacial score (nSPS) is 15.9. The van der Waals surface area contributed by atoms with Gasteiger partial charge in [-0.15, -0.1) is 0 Å². The first-order chi connectivity index (χ1) is 12.6. The fourth-order valence-corrected chi connectivity index (χ4v) is 2.52. The molecule has 0 radical (unpaired) electrons. The first-order valence-electron chi connectivity index (χ1n) is 8.52. The Labute approximate surface area is 162 Å². The number of amides is 1. The minimum Gasteiger partial charge on any atom is -0.382 e. The molecule has 0 aromatic rings. The molecule has 0 bridgehead atoms. The van der Waals surface area contributed by atoms with Crippen LogP contribution in [-0.4, -0.2) is 99.9 Å². The molecule has 1 aliphatic heterocycles. The molecule has 0 atom stereocenters. The third kappa shape index (κ3) is 15.5. The zero-order valence-electron chi connectivity index (χ0n) is 16.9. The molecule has 0 fully saturated rings. The molecule has 0 unspecified atom stereocenters. The lowest BCUT2D eigenvalue weighted by Crippen LogP contribution is -2.44. The summed E-state index contributed by atoms with van der Waals surface area (Å²) in [5.41, 5.74) is 0. The average Bonchev–Trinajstić information content (AvgIpc) is 2.52. The summed E-state index contributed by atoms with van der Waals surface area (Å²) >= 11 is 0. The summed E-state index contributed by atoms with van der Waals surface area (Å²) in [5.74, 6) is -0.604. The molecular formula is C16H33N2O8S+. The molecule has 0 saturated heterocycles. The van der Waals surface area contributed by atoms with Crippen molar-refractivity contribution >= 4 is 16.2 Å². The number of likely N-dealkylation sites (N-methyl/N-ethyl adjacent to an activating group) is 1. The Kier molecular flexibility index (Phi) is 13.2. The number of hydrogen-bond donors (Lipinski definition) is 1. The van der Waals surface area contributed by atoms with E-state index in [1.807, 2.05) is 0 Å². The Hall–Kier alpha value is -1.24. The quantitative estimate of drug-likeness (QED) is 0.342. The average molecular weight is 414 g/mol. The maximum Gasteiger partial charge on any atom is 0.409 e. The van der Waals surface area contributed by atoms with Crippen LogP contribution in [0.1, 0.15) is 6.92 Å². The monoisotopic (exact) mass is 413 g/mol. The van der Waals surface area contributed by atoms with Crippen LogP contribution < -0.4 is 4.72 Å². The number of carbonyl (C=O) groups is 1. The van der Waals surface area contributed by atoms with Crippen LogP contribution in [-0.2, 0) is 38.2 Å². The van der Waals surface area contributed by atoms with Gasteiger partial charge < -0.3 is 27.6 Å². The van der Waals surface area contributed by atoms with Gasteiger partial charge in [0, 0.05) is 20.3 Å². The van der Waals surface area contributed by atoms with E-state index in [1.165, 1.54) is 6.92 Å². The molecule has 10 nitrogen and oxygen atoms in total. The first kappa shape index (κ1) is 25.8. The van der Waals surface area contributed by atoms with Gasteiger partial charge in [-0.1, -0.05) is 0 Å². The SMILES string of the molecule is CC1=CC(=O)NS(=O)(=O)O1.COCCOCC[N+](C)(C)CCOCCOC. The largest absolute Gasteiger partial charge is 0.409 e. The maximum absolute atomic E-state index is 10.5. The molecule has 1 aliphatic rings. The lowest BCUT2D eigenvalue weighted by Gasteiger charge is -2.29. The number of allylic oxidation sites excluding steroid dienone is 1. The molecule has 0 aromatic heterocycles. The zero-order chi connectivity index (χ0) is 20.8. The summed E-state index contributed by atoms with van der Waals surface area (Å²) in [5, 5.41) is 0. The van der Waals surface area contributed by atoms with Crippen molar-refractivity contribution < 1.29 is 40.8 Å². The van der Waals surface area contributed by atoms with E-state index in [0.717, 1.165) is 36.9 Å². The Bertz CT molecular complexity index is 533. The van der Waals surface area contributed by atoms with Crippen LogP contribution >= 0.6 is 0 Å². The van der Waals surface area contributed by atoms with Gasteiger partial charge in [-0.25, -0.2) is 4.72 Å². The minimum atomic E-state index is -3.85. The highest BCUT2D eigenvalue weighted by atomic mass is 32.2. The second-order valence-electron chi connectivity index (χ2n) is 6.35. The van der Waals surface area contributed by atoms with E-state index in [9.17, 15) is 13.2 Å². The van der Waals surface area contributed by atoms with Crippen LogP contribution in [0.15, 0.2) is 11.8 Å². The molecule has 0 aliphatic carbocycles. The molecule has 11 heteroatoms. The third-order valence-electron chi connectivity index (χ3n) is 3.35. The Morgan fingerprint density at radius 3 is 1.81 bits per heavy atom. The summed E-state index contributed by atoms with van der Waals surface area (Å²) in [6.07, 6.45) is 1.06. The molecule has 160 valence electrons. The van der Waals surface area contributed by atoms with Gasteiger partial charge in [-0.3, -0.25) is 4.79 Å². The highest BCUT2D eigenvalue weighted by Crippen LogP contribution is 2.05. The van der Waals surface area contributed by atoms with Crippen LogP contribution in [0.2, 0.25) is 0 Å². The van der Waals surface area contributed by atoms with E-state index in [4.69, 9.17) is 18.9 Å². The third-order valence-corrected chi connectivity index (χ3v) is 4.28. The van der Waals surface area contributed by atoms with Crippen molar-refractivity contribution in [2.24, 2.45) is 0 Å². The van der Waals surface area contributed by atoms with Gasteiger partial charge in [-0.2, -0.15) is 8.42 Å². The Balaban J connectivity index is 0.000000569. The topological polar surface area (TPSA) is 109 Å². The van der Waals surface area contributed by atoms with Crippen molar-refractivity contribution in [1.82, 2.24) is 4.72 Å². The van der Waals surface area contributed by atoms with Gasteiger partial charge >= 0.3 is 10.3 Å². The van der Waals surface area contributed by atoms with E-state index in [0.29, 0.717) is 26.4 Å². The summed E-state index contributed by atoms with van der Waals surface area (Å²) < 4.78 is 48.5. The molecule has 1 amide bonds. The lowest BCUT2D eigenvalue weighted by atomic mass is 10.4. The van der Waals surface area contributed by atoms with Crippen LogP contribution in [0.3, 0.4) is 0 Å². The number of ether oxygens (including phenoxy) is 4. The minimum absolute atomic E-state index is 0.0729. The smallest absolute Gasteiger partial charge is 0.382 e. The second-order valence-corrected chi connectivity index (χ2v) is 7.63. The van der Waals surface area contributed by atoms with Crippen molar-refractivity contribution in [3.05, 3.63) is 11.8 Å². The van der Waals surface area contributed by atoms with Crippen LogP contribution in [0.4, 0.5) is 0 Å². The highest BCUT2D eigenvalue weighted by Gasteiger charge is 2.20. The predicted octanol–water partition coefficient (Wildman–Crippen LogP) is -0.330. The number of quaternary nitrogens is 1. The standard InChI is InChI=1S/C12H28NO4.C4H5NO4S/c1-13(2,5-7-16-11-9-14-3)6-8-17-12-10-15-4;1-3-2-4(6)5-10(7,8)9-3/h5-12H2,1-4H3;2H,1H3,(H,5,6)/q+1;. The van der Waals surface area contributed by atoms with Crippen LogP contribution in [0, 0.1) is 0 Å². The van der Waals surface area contributed by atoms with E-state index >= 15 is 0 Å². The molecule has 1 rings (SSSR count). The summed E-state index contributed by atoms with van der Waals surface area (Å²) in [6.45, 7) is 7.52. The van der Waals surface area contributed by atoms with E-state index in [2.05, 4.69) is 18.3 Å². The van der Waals surface area contributed by atoms with Gasteiger partial charge in [0.15, 0.2) is 0 Å². The van der Waals surface area contributed by atoms with Crippen molar-refractivity contribution in [1.29, 1.82) is 0 Å². The Morgan fingerprint density at radius 2 is 1.44 bits per heavy atom. The fourth-order valence-electron chi connectivity index (χ4n) is 1.78. The fraction of sp³-hybridized carbons (Fsp3) is 0.812. The summed E-state index contributed by atoms with van der Waals surface area (Å²) in [6, 6.07) is 0. The highest BCUT2D eigenvalue weighted by molar-refractivity contribution is 7.85. The molecule has 1 N–H and O–H groups in total. The van der Waals surface area contributed by atoms with Gasteiger partial charge in [-0.05, 0) is 6.92 Å². The maximum atomic E-state index is 10.5. The molecule has 0 aromatic carbocycles. The molecule has 0 saturated carbocycles. The summed E-state index contributed by atoms with van der Waals surface area (Å²) in [7, 11) is 3.87. The lowest BCUT2D eigenvalue weighted by molar-refractivity contribution is -0.891. The molecule has 0 spiro atoms. The van der Waals surface area contributed by atoms with Crippen molar-refractivity contribution in [3.63, 3.8) is 0 Å². The van der Waals surface area contributed by atoms with Crippen molar-refractivity contribution in [2.75, 3.05) is 81.0 Å². The molecule has 1 heterocycles. The number of methoxy groups -OCH3 is 2. The van der Waals surface area contributed by atoms with Gasteiger partial charge in [0.25, 0.3) is 5.91 Å². The zero-order valence-corrected chi connectivity index (χ0v) is 17.7. The second kappa shape index (κ2) is 13.9. The number of rotatable bonds is 12. The predicted molar refractivity (Wildman–Crippen MR) is 99.1 cm³/mol. The van der Waals surface area contributed by atoms with E-state index < -0.39 is 16.2 Å². The van der Waals surface area contributed by atoms with Crippen molar-refractivity contribution in [3.8, 4) is 0 Å². The summed E-state index contributed by atoms with van der Waals surface area (Å²) in [4.78, 5) is 10.4. The number of carbonyl (C=O) groups excluding carboxylic acids is 1. The molecular weight excluding hydrogens is 380 g/mol. The van der Waals surface area contributed by atoms with Crippen LogP contribution in [0.5, 0.6) is 0 Å². The van der Waals surface area contributed by atoms with Gasteiger partial charge in [0.1, 0.15) is 18.8 Å². The number of hydrogen-bond acceptors (Lipinski definition) is 8. The van der Waals surface area contributed by atoms with Crippen LogP contribution in [0.25, 0.3) is 0 Å². The van der Waals surface area contributed by atoms with E-state index in [1.54, 1.807) is 18.9 Å². The van der Waals surface area contributed by atoms with Gasteiger partial charge in [0.2, 0.25) is 0 Å². The van der Waals surface area contributed by atoms with E-state index in [-0.39, 0.29) is 5.76 Å². The Morgan fingerprint density at radius 1 is 0.963 bits per heavy atom. The first-order valence-corrected chi connectivity index (χ1v) is 9.92. The number of nitrogens with one attached hydrogen (secondary N) is 1. The number of nitrogens with zero attached hydrogens (tertiary/aromatic N) is 1. The van der Waals surface area contributed by atoms with Crippen molar-refractivity contribution in [2.45, 2.75) is 6.92 Å². The molecule has 27 heavy (non-hydrogen) atoms. The van der Waals surface area contributed by atoms with Gasteiger partial charge in [0.05, 0.1) is 53.7 Å².